The van der Waals surface area contributed by atoms with Crippen LogP contribution in [0.4, 0.5) is 0 Å². The van der Waals surface area contributed by atoms with Crippen LogP contribution < -0.4 is 5.73 Å². The van der Waals surface area contributed by atoms with E-state index in [1.165, 1.54) is 36.8 Å². The SMILES string of the molecule is CCc1ccc(C2(CN)CCCC2)cc1.Cl. The maximum Gasteiger partial charge on any atom is 0.00755 e. The van der Waals surface area contributed by atoms with E-state index in [2.05, 4.69) is 31.2 Å². The van der Waals surface area contributed by atoms with Crippen molar-refractivity contribution in [3.63, 3.8) is 0 Å². The van der Waals surface area contributed by atoms with Gasteiger partial charge in [-0.2, -0.15) is 0 Å². The Morgan fingerprint density at radius 3 is 2.12 bits per heavy atom. The van der Waals surface area contributed by atoms with E-state index in [0.717, 1.165) is 13.0 Å². The average Bonchev–Trinajstić information content (AvgIpc) is 2.79. The predicted octanol–water partition coefficient (Wildman–Crippen LogP) is 3.44. The van der Waals surface area contributed by atoms with E-state index in [1.54, 1.807) is 0 Å². The van der Waals surface area contributed by atoms with Crippen LogP contribution in [0.5, 0.6) is 0 Å². The van der Waals surface area contributed by atoms with Gasteiger partial charge in [0.05, 0.1) is 0 Å². The fraction of sp³-hybridized carbons (Fsp3) is 0.571. The lowest BCUT2D eigenvalue weighted by atomic mass is 9.79. The van der Waals surface area contributed by atoms with Crippen molar-refractivity contribution in [2.45, 2.75) is 44.4 Å². The predicted molar refractivity (Wildman–Crippen MR) is 72.3 cm³/mol. The van der Waals surface area contributed by atoms with Crippen LogP contribution in [0.2, 0.25) is 0 Å². The molecule has 90 valence electrons. The smallest absolute Gasteiger partial charge is 0.00755 e. The molecule has 0 spiro atoms. The Balaban J connectivity index is 0.00000128. The fourth-order valence-corrected chi connectivity index (χ4v) is 2.76. The summed E-state index contributed by atoms with van der Waals surface area (Å²) in [6.07, 6.45) is 6.35. The second kappa shape index (κ2) is 5.70. The minimum absolute atomic E-state index is 0. The van der Waals surface area contributed by atoms with Gasteiger partial charge in [0.15, 0.2) is 0 Å². The summed E-state index contributed by atoms with van der Waals surface area (Å²) in [5.74, 6) is 0. The summed E-state index contributed by atoms with van der Waals surface area (Å²) in [6.45, 7) is 3.00. The van der Waals surface area contributed by atoms with Crippen LogP contribution in [0, 0.1) is 0 Å². The first-order valence-electron chi connectivity index (χ1n) is 6.10. The van der Waals surface area contributed by atoms with Gasteiger partial charge in [-0.25, -0.2) is 0 Å². The second-order valence-electron chi connectivity index (χ2n) is 4.74. The molecule has 0 radical (unpaired) electrons. The average molecular weight is 240 g/mol. The largest absolute Gasteiger partial charge is 0.330 e. The van der Waals surface area contributed by atoms with Crippen LogP contribution in [0.3, 0.4) is 0 Å². The monoisotopic (exact) mass is 239 g/mol. The van der Waals surface area contributed by atoms with E-state index in [0.29, 0.717) is 5.41 Å². The summed E-state index contributed by atoms with van der Waals surface area (Å²) in [5, 5.41) is 0. The molecule has 0 saturated heterocycles. The highest BCUT2D eigenvalue weighted by Crippen LogP contribution is 2.40. The molecule has 1 aliphatic rings. The number of aryl methyl sites for hydroxylation is 1. The zero-order chi connectivity index (χ0) is 10.7. The van der Waals surface area contributed by atoms with Gasteiger partial charge in [0.2, 0.25) is 0 Å². The Bertz CT molecular complexity index is 312. The molecule has 1 aromatic carbocycles. The molecular weight excluding hydrogens is 218 g/mol. The fourth-order valence-electron chi connectivity index (χ4n) is 2.76. The summed E-state index contributed by atoms with van der Waals surface area (Å²) in [6, 6.07) is 9.09. The first-order valence-corrected chi connectivity index (χ1v) is 6.10. The van der Waals surface area contributed by atoms with Crippen molar-refractivity contribution in [2.24, 2.45) is 5.73 Å². The van der Waals surface area contributed by atoms with Crippen LogP contribution in [0.15, 0.2) is 24.3 Å². The van der Waals surface area contributed by atoms with Gasteiger partial charge < -0.3 is 5.73 Å². The molecule has 0 aromatic heterocycles. The van der Waals surface area contributed by atoms with Crippen LogP contribution in [0.1, 0.15) is 43.7 Å². The number of benzene rings is 1. The van der Waals surface area contributed by atoms with E-state index in [9.17, 15) is 0 Å². The van der Waals surface area contributed by atoms with Crippen LogP contribution in [-0.2, 0) is 11.8 Å². The van der Waals surface area contributed by atoms with Gasteiger partial charge in [-0.15, -0.1) is 12.4 Å². The van der Waals surface area contributed by atoms with Gasteiger partial charge in [0.25, 0.3) is 0 Å². The highest BCUT2D eigenvalue weighted by atomic mass is 35.5. The van der Waals surface area contributed by atoms with Gasteiger partial charge in [-0.05, 0) is 30.4 Å². The van der Waals surface area contributed by atoms with Crippen molar-refractivity contribution >= 4 is 12.4 Å². The maximum absolute atomic E-state index is 5.97. The molecule has 0 unspecified atom stereocenters. The maximum atomic E-state index is 5.97. The minimum atomic E-state index is 0. The van der Waals surface area contributed by atoms with Crippen molar-refractivity contribution in [1.29, 1.82) is 0 Å². The Hall–Kier alpha value is -0.530. The first kappa shape index (κ1) is 13.5. The molecule has 2 rings (SSSR count). The molecule has 1 aromatic rings. The van der Waals surface area contributed by atoms with Gasteiger partial charge in [0, 0.05) is 12.0 Å². The second-order valence-corrected chi connectivity index (χ2v) is 4.74. The van der Waals surface area contributed by atoms with E-state index in [4.69, 9.17) is 5.73 Å². The Morgan fingerprint density at radius 2 is 1.69 bits per heavy atom. The summed E-state index contributed by atoms with van der Waals surface area (Å²) in [5.41, 5.74) is 9.15. The lowest BCUT2D eigenvalue weighted by Gasteiger charge is -2.28. The molecule has 2 N–H and O–H groups in total. The highest BCUT2D eigenvalue weighted by molar-refractivity contribution is 5.85. The first-order chi connectivity index (χ1) is 7.30. The lowest BCUT2D eigenvalue weighted by Crippen LogP contribution is -2.31. The van der Waals surface area contributed by atoms with Crippen LogP contribution in [-0.4, -0.2) is 6.54 Å². The zero-order valence-corrected chi connectivity index (χ0v) is 10.9. The number of hydrogen-bond donors (Lipinski definition) is 1. The molecule has 1 nitrogen and oxygen atoms in total. The summed E-state index contributed by atoms with van der Waals surface area (Å²) < 4.78 is 0. The third-order valence-electron chi connectivity index (χ3n) is 3.93. The molecule has 0 atom stereocenters. The molecule has 16 heavy (non-hydrogen) atoms. The molecule has 1 saturated carbocycles. The van der Waals surface area contributed by atoms with Gasteiger partial charge in [-0.1, -0.05) is 44.0 Å². The molecule has 0 aliphatic heterocycles. The van der Waals surface area contributed by atoms with Crippen LogP contribution in [0.25, 0.3) is 0 Å². The zero-order valence-electron chi connectivity index (χ0n) is 10.0. The van der Waals surface area contributed by atoms with Crippen molar-refractivity contribution in [3.8, 4) is 0 Å². The molecule has 1 aliphatic carbocycles. The Kier molecular flexibility index (Phi) is 4.82. The van der Waals surface area contributed by atoms with Crippen molar-refractivity contribution in [1.82, 2.24) is 0 Å². The van der Waals surface area contributed by atoms with E-state index in [1.807, 2.05) is 0 Å². The number of hydrogen-bond acceptors (Lipinski definition) is 1. The third kappa shape index (κ3) is 2.41. The molecule has 2 heteroatoms. The number of rotatable bonds is 3. The summed E-state index contributed by atoms with van der Waals surface area (Å²) >= 11 is 0. The minimum Gasteiger partial charge on any atom is -0.330 e. The molecule has 0 amide bonds. The summed E-state index contributed by atoms with van der Waals surface area (Å²) in [7, 11) is 0. The molecular formula is C14H22ClN. The number of halogens is 1. The molecule has 0 heterocycles. The Morgan fingerprint density at radius 1 is 1.12 bits per heavy atom. The van der Waals surface area contributed by atoms with Crippen molar-refractivity contribution < 1.29 is 0 Å². The van der Waals surface area contributed by atoms with E-state index < -0.39 is 0 Å². The highest BCUT2D eigenvalue weighted by Gasteiger charge is 2.33. The quantitative estimate of drug-likeness (QED) is 0.859. The normalized spacial score (nSPS) is 18.1. The molecule has 0 bridgehead atoms. The van der Waals surface area contributed by atoms with Gasteiger partial charge in [0.1, 0.15) is 0 Å². The van der Waals surface area contributed by atoms with Crippen molar-refractivity contribution in [3.05, 3.63) is 35.4 Å². The third-order valence-corrected chi connectivity index (χ3v) is 3.93. The van der Waals surface area contributed by atoms with Gasteiger partial charge >= 0.3 is 0 Å². The van der Waals surface area contributed by atoms with E-state index in [-0.39, 0.29) is 12.4 Å². The van der Waals surface area contributed by atoms with Crippen molar-refractivity contribution in [2.75, 3.05) is 6.54 Å². The standard InChI is InChI=1S/C14H21N.ClH/c1-2-12-5-7-13(8-6-12)14(11-15)9-3-4-10-14;/h5-8H,2-4,9-11,15H2,1H3;1H. The molecule has 1 fully saturated rings. The summed E-state index contributed by atoms with van der Waals surface area (Å²) in [4.78, 5) is 0. The van der Waals surface area contributed by atoms with Gasteiger partial charge in [-0.3, -0.25) is 0 Å². The topological polar surface area (TPSA) is 26.0 Å². The van der Waals surface area contributed by atoms with Crippen LogP contribution >= 0.6 is 12.4 Å². The van der Waals surface area contributed by atoms with E-state index >= 15 is 0 Å². The Labute approximate surface area is 105 Å². The lowest BCUT2D eigenvalue weighted by molar-refractivity contribution is 0.453. The number of nitrogens with two attached hydrogens (primary N) is 1.